The Morgan fingerprint density at radius 3 is 2.69 bits per heavy atom. The van der Waals surface area contributed by atoms with Crippen LogP contribution in [0.3, 0.4) is 0 Å². The Labute approximate surface area is 96.1 Å². The maximum atomic E-state index is 10.9. The predicted molar refractivity (Wildman–Crippen MR) is 63.0 cm³/mol. The number of carbonyl (C=O) groups is 1. The van der Waals surface area contributed by atoms with Gasteiger partial charge in [0.1, 0.15) is 5.75 Å². The first kappa shape index (κ1) is 12.6. The lowest BCUT2D eigenvalue weighted by Gasteiger charge is -2.07. The van der Waals surface area contributed by atoms with Crippen LogP contribution in [0, 0.1) is 0 Å². The highest BCUT2D eigenvalue weighted by molar-refractivity contribution is 5.78. The van der Waals surface area contributed by atoms with E-state index in [0.29, 0.717) is 6.42 Å². The summed E-state index contributed by atoms with van der Waals surface area (Å²) in [6, 6.07) is 5.67. The molecule has 0 aromatic heterocycles. The number of carboxylic acid groups (broad SMARTS) is 1. The van der Waals surface area contributed by atoms with Crippen LogP contribution in [-0.4, -0.2) is 18.2 Å². The van der Waals surface area contributed by atoms with Crippen LogP contribution in [0.4, 0.5) is 0 Å². The molecule has 1 aliphatic rings. The molecule has 0 radical (unpaired) electrons. The quantitative estimate of drug-likeness (QED) is 0.837. The van der Waals surface area contributed by atoms with Crippen LogP contribution in [0.25, 0.3) is 0 Å². The van der Waals surface area contributed by atoms with Gasteiger partial charge in [-0.3, -0.25) is 4.79 Å². The predicted octanol–water partition coefficient (Wildman–Crippen LogP) is 2.84. The molecule has 0 amide bonds. The standard InChI is InChI=1S/C11H12O3.C2H6/c1-14-8-4-2-7-3-5-9(11(12)13)10(7)6-8;1-2/h2,4,6,9H,3,5H2,1H3,(H,12,13);1-2H3. The molecular weight excluding hydrogens is 204 g/mol. The van der Waals surface area contributed by atoms with Crippen molar-refractivity contribution in [1.29, 1.82) is 0 Å². The number of fused-ring (bicyclic) bond motifs is 1. The molecule has 1 N–H and O–H groups in total. The van der Waals surface area contributed by atoms with Crippen molar-refractivity contribution in [3.63, 3.8) is 0 Å². The summed E-state index contributed by atoms with van der Waals surface area (Å²) in [5, 5.41) is 8.98. The lowest BCUT2D eigenvalue weighted by Crippen LogP contribution is -2.07. The molecule has 0 saturated heterocycles. The molecule has 1 unspecified atom stereocenters. The number of carboxylic acids is 1. The summed E-state index contributed by atoms with van der Waals surface area (Å²) >= 11 is 0. The normalized spacial score (nSPS) is 17.1. The van der Waals surface area contributed by atoms with Gasteiger partial charge < -0.3 is 9.84 Å². The Morgan fingerprint density at radius 2 is 2.12 bits per heavy atom. The second-order valence-corrected chi connectivity index (χ2v) is 3.49. The van der Waals surface area contributed by atoms with Gasteiger partial charge >= 0.3 is 5.97 Å². The fraction of sp³-hybridized carbons (Fsp3) is 0.462. The number of ether oxygens (including phenoxy) is 1. The molecule has 0 spiro atoms. The number of hydrogen-bond donors (Lipinski definition) is 1. The van der Waals surface area contributed by atoms with E-state index < -0.39 is 5.97 Å². The van der Waals surface area contributed by atoms with Gasteiger partial charge in [-0.15, -0.1) is 0 Å². The molecule has 88 valence electrons. The van der Waals surface area contributed by atoms with E-state index in [0.717, 1.165) is 23.3 Å². The highest BCUT2D eigenvalue weighted by Crippen LogP contribution is 2.35. The Morgan fingerprint density at radius 1 is 1.44 bits per heavy atom. The highest BCUT2D eigenvalue weighted by atomic mass is 16.5. The summed E-state index contributed by atoms with van der Waals surface area (Å²) in [7, 11) is 1.59. The van der Waals surface area contributed by atoms with E-state index in [2.05, 4.69) is 0 Å². The van der Waals surface area contributed by atoms with Crippen molar-refractivity contribution in [3.05, 3.63) is 29.3 Å². The van der Waals surface area contributed by atoms with Crippen LogP contribution in [0.1, 0.15) is 37.3 Å². The van der Waals surface area contributed by atoms with E-state index in [1.807, 2.05) is 32.0 Å². The van der Waals surface area contributed by atoms with Gasteiger partial charge in [0.25, 0.3) is 0 Å². The Kier molecular flexibility index (Phi) is 4.35. The number of aryl methyl sites for hydroxylation is 1. The molecule has 3 nitrogen and oxygen atoms in total. The van der Waals surface area contributed by atoms with E-state index in [9.17, 15) is 4.79 Å². The summed E-state index contributed by atoms with van der Waals surface area (Å²) in [5.41, 5.74) is 2.05. The molecule has 1 aromatic rings. The molecule has 16 heavy (non-hydrogen) atoms. The third-order valence-electron chi connectivity index (χ3n) is 2.73. The van der Waals surface area contributed by atoms with Crippen molar-refractivity contribution < 1.29 is 14.6 Å². The number of rotatable bonds is 2. The molecule has 2 rings (SSSR count). The molecular formula is C13H18O3. The lowest BCUT2D eigenvalue weighted by molar-refractivity contribution is -0.138. The molecule has 1 atom stereocenters. The minimum atomic E-state index is -0.739. The van der Waals surface area contributed by atoms with Crippen LogP contribution in [0.15, 0.2) is 18.2 Å². The fourth-order valence-corrected chi connectivity index (χ4v) is 1.96. The van der Waals surface area contributed by atoms with E-state index in [-0.39, 0.29) is 5.92 Å². The Bertz CT molecular complexity index is 371. The van der Waals surface area contributed by atoms with Gasteiger partial charge in [-0.25, -0.2) is 0 Å². The van der Waals surface area contributed by atoms with Crippen molar-refractivity contribution in [2.45, 2.75) is 32.6 Å². The maximum Gasteiger partial charge on any atom is 0.310 e. The zero-order chi connectivity index (χ0) is 12.1. The molecule has 0 fully saturated rings. The first-order valence-corrected chi connectivity index (χ1v) is 5.62. The van der Waals surface area contributed by atoms with Gasteiger partial charge in [-0.1, -0.05) is 19.9 Å². The van der Waals surface area contributed by atoms with Crippen LogP contribution < -0.4 is 4.74 Å². The number of benzene rings is 1. The average Bonchev–Trinajstić information content (AvgIpc) is 2.74. The van der Waals surface area contributed by atoms with E-state index in [4.69, 9.17) is 9.84 Å². The molecule has 0 aliphatic heterocycles. The summed E-state index contributed by atoms with van der Waals surface area (Å²) in [4.78, 5) is 10.9. The minimum Gasteiger partial charge on any atom is -0.497 e. The summed E-state index contributed by atoms with van der Waals surface area (Å²) < 4.78 is 5.07. The topological polar surface area (TPSA) is 46.5 Å². The summed E-state index contributed by atoms with van der Waals surface area (Å²) in [5.74, 6) is -0.353. The monoisotopic (exact) mass is 222 g/mol. The minimum absolute atomic E-state index is 0.347. The summed E-state index contributed by atoms with van der Waals surface area (Å²) in [6.45, 7) is 4.00. The lowest BCUT2D eigenvalue weighted by atomic mass is 10.0. The molecule has 0 heterocycles. The van der Waals surface area contributed by atoms with Crippen molar-refractivity contribution in [3.8, 4) is 5.75 Å². The third kappa shape index (κ3) is 2.35. The zero-order valence-corrected chi connectivity index (χ0v) is 9.99. The Hall–Kier alpha value is -1.51. The molecule has 0 saturated carbocycles. The van der Waals surface area contributed by atoms with Crippen LogP contribution >= 0.6 is 0 Å². The van der Waals surface area contributed by atoms with Crippen molar-refractivity contribution in [1.82, 2.24) is 0 Å². The van der Waals surface area contributed by atoms with Gasteiger partial charge in [0.15, 0.2) is 0 Å². The van der Waals surface area contributed by atoms with Gasteiger partial charge in [0.05, 0.1) is 13.0 Å². The number of hydrogen-bond acceptors (Lipinski definition) is 2. The molecule has 1 aromatic carbocycles. The SMILES string of the molecule is CC.COc1ccc2c(c1)C(C(=O)O)CC2. The number of methoxy groups -OCH3 is 1. The first-order chi connectivity index (χ1) is 7.72. The van der Waals surface area contributed by atoms with Gasteiger partial charge in [0, 0.05) is 0 Å². The average molecular weight is 222 g/mol. The number of aliphatic carboxylic acids is 1. The second-order valence-electron chi connectivity index (χ2n) is 3.49. The summed E-state index contributed by atoms with van der Waals surface area (Å²) in [6.07, 6.45) is 1.56. The van der Waals surface area contributed by atoms with Crippen molar-refractivity contribution >= 4 is 5.97 Å². The van der Waals surface area contributed by atoms with Gasteiger partial charge in [0.2, 0.25) is 0 Å². The smallest absolute Gasteiger partial charge is 0.310 e. The zero-order valence-electron chi connectivity index (χ0n) is 9.99. The van der Waals surface area contributed by atoms with Gasteiger partial charge in [-0.2, -0.15) is 0 Å². The Balaban J connectivity index is 0.000000606. The molecule has 3 heteroatoms. The molecule has 1 aliphatic carbocycles. The van der Waals surface area contributed by atoms with Crippen molar-refractivity contribution in [2.24, 2.45) is 0 Å². The van der Waals surface area contributed by atoms with Crippen LogP contribution in [0.5, 0.6) is 5.75 Å². The van der Waals surface area contributed by atoms with E-state index in [1.54, 1.807) is 7.11 Å². The first-order valence-electron chi connectivity index (χ1n) is 5.62. The second kappa shape index (κ2) is 5.54. The van der Waals surface area contributed by atoms with Crippen LogP contribution in [-0.2, 0) is 11.2 Å². The van der Waals surface area contributed by atoms with Crippen molar-refractivity contribution in [2.75, 3.05) is 7.11 Å². The van der Waals surface area contributed by atoms with Gasteiger partial charge in [-0.05, 0) is 36.1 Å². The van der Waals surface area contributed by atoms with E-state index >= 15 is 0 Å². The van der Waals surface area contributed by atoms with E-state index in [1.165, 1.54) is 0 Å². The maximum absolute atomic E-state index is 10.9. The third-order valence-corrected chi connectivity index (χ3v) is 2.73. The highest BCUT2D eigenvalue weighted by Gasteiger charge is 2.28. The van der Waals surface area contributed by atoms with Crippen LogP contribution in [0.2, 0.25) is 0 Å². The fourth-order valence-electron chi connectivity index (χ4n) is 1.96. The largest absolute Gasteiger partial charge is 0.497 e. The molecule has 0 bridgehead atoms.